The van der Waals surface area contributed by atoms with E-state index in [9.17, 15) is 4.79 Å². The van der Waals surface area contributed by atoms with Crippen molar-refractivity contribution in [1.29, 1.82) is 0 Å². The Balaban J connectivity index is 3.88. The summed E-state index contributed by atoms with van der Waals surface area (Å²) in [5, 5.41) is 9.09. The van der Waals surface area contributed by atoms with E-state index in [1.54, 1.807) is 18.9 Å². The molecule has 0 heterocycles. The van der Waals surface area contributed by atoms with Gasteiger partial charge in [-0.2, -0.15) is 0 Å². The van der Waals surface area contributed by atoms with E-state index < -0.39 is 0 Å². The summed E-state index contributed by atoms with van der Waals surface area (Å²) in [5.41, 5.74) is 5.81. The molecule has 0 radical (unpaired) electrons. The second-order valence-corrected chi connectivity index (χ2v) is 4.56. The third-order valence-electron chi connectivity index (χ3n) is 2.57. The van der Waals surface area contributed by atoms with Crippen molar-refractivity contribution in [2.45, 2.75) is 45.8 Å². The van der Waals surface area contributed by atoms with Crippen LogP contribution >= 0.6 is 0 Å². The Bertz CT molecular complexity index is 193. The van der Waals surface area contributed by atoms with Gasteiger partial charge in [0.05, 0.1) is 6.10 Å². The van der Waals surface area contributed by atoms with Gasteiger partial charge in [0.25, 0.3) is 0 Å². The van der Waals surface area contributed by atoms with Crippen LogP contribution in [0, 0.1) is 5.92 Å². The predicted octanol–water partition coefficient (Wildman–Crippen LogP) is 0.589. The van der Waals surface area contributed by atoms with Gasteiger partial charge in [0, 0.05) is 26.1 Å². The Morgan fingerprint density at radius 3 is 2.33 bits per heavy atom. The third kappa shape index (κ3) is 6.47. The number of hydrogen-bond acceptors (Lipinski definition) is 3. The maximum atomic E-state index is 11.6. The molecule has 3 N–H and O–H groups in total. The summed E-state index contributed by atoms with van der Waals surface area (Å²) < 4.78 is 0. The van der Waals surface area contributed by atoms with Crippen molar-refractivity contribution in [1.82, 2.24) is 4.90 Å². The molecule has 2 unspecified atom stereocenters. The van der Waals surface area contributed by atoms with Crippen LogP contribution in [-0.2, 0) is 4.79 Å². The van der Waals surface area contributed by atoms with Crippen molar-refractivity contribution in [2.24, 2.45) is 11.7 Å². The summed E-state index contributed by atoms with van der Waals surface area (Å²) in [6.07, 6.45) is 0.631. The Kier molecular flexibility index (Phi) is 6.52. The number of rotatable bonds is 6. The first-order valence-corrected chi connectivity index (χ1v) is 5.52. The maximum absolute atomic E-state index is 11.6. The molecule has 15 heavy (non-hydrogen) atoms. The van der Waals surface area contributed by atoms with Gasteiger partial charge >= 0.3 is 0 Å². The van der Waals surface area contributed by atoms with Crippen molar-refractivity contribution >= 4 is 5.91 Å². The van der Waals surface area contributed by atoms with Crippen LogP contribution in [0.3, 0.4) is 0 Å². The zero-order valence-electron chi connectivity index (χ0n) is 10.2. The van der Waals surface area contributed by atoms with Crippen LogP contribution in [0.2, 0.25) is 0 Å². The van der Waals surface area contributed by atoms with Gasteiger partial charge < -0.3 is 15.7 Å². The van der Waals surface area contributed by atoms with Gasteiger partial charge in [-0.25, -0.2) is 0 Å². The number of carbonyl (C=O) groups is 1. The highest BCUT2D eigenvalue weighted by atomic mass is 16.3. The molecule has 2 atom stereocenters. The molecule has 4 nitrogen and oxygen atoms in total. The summed E-state index contributed by atoms with van der Waals surface area (Å²) in [5.74, 6) is 0.371. The molecule has 4 heteroatoms. The van der Waals surface area contributed by atoms with E-state index >= 15 is 0 Å². The first-order valence-electron chi connectivity index (χ1n) is 5.52. The number of carbonyl (C=O) groups excluding carboxylic acids is 1. The molecule has 0 fully saturated rings. The lowest BCUT2D eigenvalue weighted by Gasteiger charge is -2.21. The van der Waals surface area contributed by atoms with Gasteiger partial charge in [-0.15, -0.1) is 0 Å². The first kappa shape index (κ1) is 14.4. The molecular weight excluding hydrogens is 192 g/mol. The second-order valence-electron chi connectivity index (χ2n) is 4.56. The molecule has 1 amide bonds. The van der Waals surface area contributed by atoms with Gasteiger partial charge in [0.1, 0.15) is 0 Å². The largest absolute Gasteiger partial charge is 0.393 e. The van der Waals surface area contributed by atoms with Crippen LogP contribution in [0.1, 0.15) is 33.6 Å². The quantitative estimate of drug-likeness (QED) is 0.683. The van der Waals surface area contributed by atoms with E-state index in [0.717, 1.165) is 0 Å². The highest BCUT2D eigenvalue weighted by Gasteiger charge is 2.16. The molecule has 0 aliphatic heterocycles. The van der Waals surface area contributed by atoms with Gasteiger partial charge in [-0.3, -0.25) is 4.79 Å². The van der Waals surface area contributed by atoms with Crippen LogP contribution in [0.5, 0.6) is 0 Å². The first-order chi connectivity index (χ1) is 6.84. The lowest BCUT2D eigenvalue weighted by molar-refractivity contribution is -0.130. The Labute approximate surface area is 92.4 Å². The average molecular weight is 216 g/mol. The average Bonchev–Trinajstić information content (AvgIpc) is 2.13. The highest BCUT2D eigenvalue weighted by Crippen LogP contribution is 2.05. The van der Waals surface area contributed by atoms with Crippen molar-refractivity contribution < 1.29 is 9.90 Å². The Morgan fingerprint density at radius 2 is 1.93 bits per heavy atom. The molecule has 0 aliphatic carbocycles. The fraction of sp³-hybridized carbons (Fsp3) is 0.909. The lowest BCUT2D eigenvalue weighted by atomic mass is 10.0. The van der Waals surface area contributed by atoms with E-state index in [-0.39, 0.29) is 18.1 Å². The van der Waals surface area contributed by atoms with Crippen LogP contribution in [0.25, 0.3) is 0 Å². The second kappa shape index (κ2) is 6.80. The number of nitrogens with two attached hydrogens (primary N) is 1. The monoisotopic (exact) mass is 216 g/mol. The SMILES string of the molecule is CC(O)CCN(C)C(=O)CC(N)C(C)C. The normalized spacial score (nSPS) is 15.1. The third-order valence-corrected chi connectivity index (χ3v) is 2.57. The molecule has 0 aromatic carbocycles. The molecule has 0 aromatic rings. The molecule has 0 aliphatic rings. The topological polar surface area (TPSA) is 66.6 Å². The zero-order chi connectivity index (χ0) is 12.0. The molecule has 0 bridgehead atoms. The fourth-order valence-electron chi connectivity index (χ4n) is 1.10. The minimum Gasteiger partial charge on any atom is -0.393 e. The minimum atomic E-state index is -0.362. The fourth-order valence-corrected chi connectivity index (χ4v) is 1.10. The standard InChI is InChI=1S/C11H24N2O2/c1-8(2)10(12)7-11(15)13(4)6-5-9(3)14/h8-10,14H,5-7,12H2,1-4H3. The number of aliphatic hydroxyl groups is 1. The molecular formula is C11H24N2O2. The Hall–Kier alpha value is -0.610. The van der Waals surface area contributed by atoms with Crippen LogP contribution in [0.15, 0.2) is 0 Å². The summed E-state index contributed by atoms with van der Waals surface area (Å²) in [6.45, 7) is 6.32. The smallest absolute Gasteiger partial charge is 0.223 e. The van der Waals surface area contributed by atoms with Gasteiger partial charge in [0.15, 0.2) is 0 Å². The lowest BCUT2D eigenvalue weighted by Crippen LogP contribution is -2.36. The zero-order valence-corrected chi connectivity index (χ0v) is 10.2. The van der Waals surface area contributed by atoms with Gasteiger partial charge in [-0.05, 0) is 19.3 Å². The van der Waals surface area contributed by atoms with Crippen molar-refractivity contribution in [2.75, 3.05) is 13.6 Å². The van der Waals surface area contributed by atoms with Crippen LogP contribution in [0.4, 0.5) is 0 Å². The molecule has 0 aromatic heterocycles. The molecule has 0 saturated heterocycles. The number of nitrogens with zero attached hydrogens (tertiary/aromatic N) is 1. The maximum Gasteiger partial charge on any atom is 0.223 e. The van der Waals surface area contributed by atoms with Crippen molar-refractivity contribution in [3.8, 4) is 0 Å². The van der Waals surface area contributed by atoms with Crippen LogP contribution < -0.4 is 5.73 Å². The van der Waals surface area contributed by atoms with Crippen LogP contribution in [-0.4, -0.2) is 41.7 Å². The molecule has 90 valence electrons. The number of amides is 1. The van der Waals surface area contributed by atoms with E-state index in [1.165, 1.54) is 0 Å². The molecule has 0 spiro atoms. The summed E-state index contributed by atoms with van der Waals surface area (Å²) >= 11 is 0. The van der Waals surface area contributed by atoms with E-state index in [0.29, 0.717) is 25.3 Å². The number of hydrogen-bond donors (Lipinski definition) is 2. The van der Waals surface area contributed by atoms with E-state index in [1.807, 2.05) is 13.8 Å². The molecule has 0 saturated carbocycles. The van der Waals surface area contributed by atoms with Crippen molar-refractivity contribution in [3.63, 3.8) is 0 Å². The summed E-state index contributed by atoms with van der Waals surface area (Å²) in [6, 6.07) is -0.0773. The van der Waals surface area contributed by atoms with Gasteiger partial charge in [-0.1, -0.05) is 13.8 Å². The van der Waals surface area contributed by atoms with Crippen molar-refractivity contribution in [3.05, 3.63) is 0 Å². The summed E-state index contributed by atoms with van der Waals surface area (Å²) in [4.78, 5) is 13.3. The summed E-state index contributed by atoms with van der Waals surface area (Å²) in [7, 11) is 1.75. The number of aliphatic hydroxyl groups excluding tert-OH is 1. The minimum absolute atomic E-state index is 0.0526. The van der Waals surface area contributed by atoms with E-state index in [4.69, 9.17) is 10.8 Å². The molecule has 0 rings (SSSR count). The predicted molar refractivity (Wildman–Crippen MR) is 61.4 cm³/mol. The Morgan fingerprint density at radius 1 is 1.40 bits per heavy atom. The van der Waals surface area contributed by atoms with E-state index in [2.05, 4.69) is 0 Å². The highest BCUT2D eigenvalue weighted by molar-refractivity contribution is 5.76. The van der Waals surface area contributed by atoms with Gasteiger partial charge in [0.2, 0.25) is 5.91 Å².